The SMILES string of the molecule is CC(NC(=O)NC(C)(C)C(=O)O)C1CCC1. The van der Waals surface area contributed by atoms with Gasteiger partial charge in [0.15, 0.2) is 0 Å². The van der Waals surface area contributed by atoms with E-state index >= 15 is 0 Å². The highest BCUT2D eigenvalue weighted by Gasteiger charge is 2.31. The summed E-state index contributed by atoms with van der Waals surface area (Å²) in [4.78, 5) is 22.3. The highest BCUT2D eigenvalue weighted by atomic mass is 16.4. The van der Waals surface area contributed by atoms with E-state index in [0.717, 1.165) is 12.8 Å². The number of urea groups is 1. The molecular formula is C11H20N2O3. The van der Waals surface area contributed by atoms with E-state index in [1.807, 2.05) is 6.92 Å². The van der Waals surface area contributed by atoms with E-state index < -0.39 is 17.5 Å². The lowest BCUT2D eigenvalue weighted by Crippen LogP contribution is -2.55. The largest absolute Gasteiger partial charge is 0.480 e. The van der Waals surface area contributed by atoms with Gasteiger partial charge in [-0.05, 0) is 39.5 Å². The van der Waals surface area contributed by atoms with Crippen LogP contribution in [0.1, 0.15) is 40.0 Å². The minimum absolute atomic E-state index is 0.110. The molecule has 0 aromatic rings. The maximum Gasteiger partial charge on any atom is 0.328 e. The summed E-state index contributed by atoms with van der Waals surface area (Å²) in [5.74, 6) is -0.502. The van der Waals surface area contributed by atoms with E-state index in [9.17, 15) is 9.59 Å². The second-order valence-electron chi connectivity index (χ2n) is 5.01. The third kappa shape index (κ3) is 3.12. The summed E-state index contributed by atoms with van der Waals surface area (Å²) in [6.07, 6.45) is 3.51. The highest BCUT2D eigenvalue weighted by Crippen LogP contribution is 2.29. The summed E-state index contributed by atoms with van der Waals surface area (Å²) < 4.78 is 0. The van der Waals surface area contributed by atoms with Crippen LogP contribution in [0.4, 0.5) is 4.79 Å². The van der Waals surface area contributed by atoms with Crippen LogP contribution in [-0.4, -0.2) is 28.7 Å². The second kappa shape index (κ2) is 4.72. The van der Waals surface area contributed by atoms with Crippen molar-refractivity contribution in [3.63, 3.8) is 0 Å². The van der Waals surface area contributed by atoms with E-state index in [0.29, 0.717) is 5.92 Å². The van der Waals surface area contributed by atoms with E-state index in [1.54, 1.807) is 0 Å². The molecule has 0 aromatic heterocycles. The molecule has 0 aliphatic heterocycles. The lowest BCUT2D eigenvalue weighted by Gasteiger charge is -2.32. The molecule has 0 heterocycles. The molecule has 0 saturated heterocycles. The number of carboxylic acid groups (broad SMARTS) is 1. The summed E-state index contributed by atoms with van der Waals surface area (Å²) >= 11 is 0. The standard InChI is InChI=1S/C11H20N2O3/c1-7(8-5-4-6-8)12-10(16)13-11(2,3)9(14)15/h7-8H,4-6H2,1-3H3,(H,14,15)(H2,12,13,16). The maximum atomic E-state index is 11.5. The van der Waals surface area contributed by atoms with Crippen LogP contribution in [0.15, 0.2) is 0 Å². The molecule has 1 rings (SSSR count). The molecule has 1 saturated carbocycles. The fourth-order valence-electron chi connectivity index (χ4n) is 1.64. The summed E-state index contributed by atoms with van der Waals surface area (Å²) in [6.45, 7) is 4.88. The Hall–Kier alpha value is -1.26. The lowest BCUT2D eigenvalue weighted by molar-refractivity contribution is -0.142. The molecule has 1 unspecified atom stereocenters. The molecule has 1 fully saturated rings. The third-order valence-corrected chi connectivity index (χ3v) is 3.18. The monoisotopic (exact) mass is 228 g/mol. The molecular weight excluding hydrogens is 208 g/mol. The summed E-state index contributed by atoms with van der Waals surface area (Å²) in [5.41, 5.74) is -1.23. The van der Waals surface area contributed by atoms with Crippen LogP contribution < -0.4 is 10.6 Å². The van der Waals surface area contributed by atoms with Crippen molar-refractivity contribution >= 4 is 12.0 Å². The van der Waals surface area contributed by atoms with Crippen molar-refractivity contribution in [3.05, 3.63) is 0 Å². The Balaban J connectivity index is 2.37. The molecule has 92 valence electrons. The van der Waals surface area contributed by atoms with Gasteiger partial charge in [0.25, 0.3) is 0 Å². The Morgan fingerprint density at radius 3 is 2.31 bits per heavy atom. The zero-order valence-corrected chi connectivity index (χ0v) is 10.0. The number of rotatable bonds is 4. The van der Waals surface area contributed by atoms with Gasteiger partial charge in [-0.25, -0.2) is 9.59 Å². The van der Waals surface area contributed by atoms with Gasteiger partial charge >= 0.3 is 12.0 Å². The summed E-state index contributed by atoms with van der Waals surface area (Å²) in [5, 5.41) is 14.1. The summed E-state index contributed by atoms with van der Waals surface area (Å²) in [7, 11) is 0. The van der Waals surface area contributed by atoms with Gasteiger partial charge < -0.3 is 15.7 Å². The fourth-order valence-corrected chi connectivity index (χ4v) is 1.64. The molecule has 5 heteroatoms. The van der Waals surface area contributed by atoms with Crippen molar-refractivity contribution in [2.24, 2.45) is 5.92 Å². The fraction of sp³-hybridized carbons (Fsp3) is 0.818. The molecule has 3 N–H and O–H groups in total. The first-order valence-electron chi connectivity index (χ1n) is 5.65. The van der Waals surface area contributed by atoms with E-state index in [2.05, 4.69) is 10.6 Å². The number of amides is 2. The van der Waals surface area contributed by atoms with Gasteiger partial charge in [-0.15, -0.1) is 0 Å². The molecule has 0 spiro atoms. The zero-order valence-electron chi connectivity index (χ0n) is 10.0. The number of carbonyl (C=O) groups is 2. The Morgan fingerprint density at radius 2 is 1.94 bits per heavy atom. The predicted octanol–water partition coefficient (Wildman–Crippen LogP) is 1.34. The lowest BCUT2D eigenvalue weighted by atomic mass is 9.80. The molecule has 16 heavy (non-hydrogen) atoms. The zero-order chi connectivity index (χ0) is 12.3. The molecule has 0 bridgehead atoms. The average molecular weight is 228 g/mol. The van der Waals surface area contributed by atoms with Crippen LogP contribution in [0.5, 0.6) is 0 Å². The van der Waals surface area contributed by atoms with Gasteiger partial charge in [0.2, 0.25) is 0 Å². The molecule has 2 amide bonds. The molecule has 0 aromatic carbocycles. The highest BCUT2D eigenvalue weighted by molar-refractivity contribution is 5.85. The average Bonchev–Trinajstić information content (AvgIpc) is 1.97. The first kappa shape index (κ1) is 12.8. The van der Waals surface area contributed by atoms with Gasteiger partial charge in [-0.2, -0.15) is 0 Å². The topological polar surface area (TPSA) is 78.4 Å². The quantitative estimate of drug-likeness (QED) is 0.679. The Morgan fingerprint density at radius 1 is 1.38 bits per heavy atom. The minimum Gasteiger partial charge on any atom is -0.480 e. The maximum absolute atomic E-state index is 11.5. The Bertz CT molecular complexity index is 285. The van der Waals surface area contributed by atoms with Crippen molar-refractivity contribution in [1.29, 1.82) is 0 Å². The van der Waals surface area contributed by atoms with Crippen LogP contribution in [-0.2, 0) is 4.79 Å². The molecule has 1 aliphatic rings. The molecule has 5 nitrogen and oxygen atoms in total. The predicted molar refractivity (Wildman–Crippen MR) is 60.2 cm³/mol. The molecule has 0 radical (unpaired) electrons. The van der Waals surface area contributed by atoms with Gasteiger partial charge in [-0.3, -0.25) is 0 Å². The first-order chi connectivity index (χ1) is 7.33. The van der Waals surface area contributed by atoms with Crippen molar-refractivity contribution in [2.75, 3.05) is 0 Å². The van der Waals surface area contributed by atoms with Crippen molar-refractivity contribution in [2.45, 2.75) is 51.6 Å². The normalized spacial score (nSPS) is 18.4. The van der Waals surface area contributed by atoms with Crippen molar-refractivity contribution in [3.8, 4) is 0 Å². The van der Waals surface area contributed by atoms with Crippen molar-refractivity contribution in [1.82, 2.24) is 10.6 Å². The van der Waals surface area contributed by atoms with Gasteiger partial charge in [0.05, 0.1) is 0 Å². The van der Waals surface area contributed by atoms with Crippen LogP contribution in [0.25, 0.3) is 0 Å². The first-order valence-corrected chi connectivity index (χ1v) is 5.65. The van der Waals surface area contributed by atoms with Gasteiger partial charge in [-0.1, -0.05) is 6.42 Å². The molecule has 1 aliphatic carbocycles. The Labute approximate surface area is 95.6 Å². The number of carboxylic acids is 1. The number of carbonyl (C=O) groups excluding carboxylic acids is 1. The number of aliphatic carboxylic acids is 1. The van der Waals surface area contributed by atoms with E-state index in [1.165, 1.54) is 20.3 Å². The van der Waals surface area contributed by atoms with Crippen molar-refractivity contribution < 1.29 is 14.7 Å². The van der Waals surface area contributed by atoms with Gasteiger partial charge in [0, 0.05) is 6.04 Å². The molecule has 1 atom stereocenters. The van der Waals surface area contributed by atoms with Gasteiger partial charge in [0.1, 0.15) is 5.54 Å². The van der Waals surface area contributed by atoms with Crippen LogP contribution in [0.3, 0.4) is 0 Å². The summed E-state index contributed by atoms with van der Waals surface area (Å²) in [6, 6.07) is -0.301. The van der Waals surface area contributed by atoms with E-state index in [4.69, 9.17) is 5.11 Å². The minimum atomic E-state index is -1.23. The van der Waals surface area contributed by atoms with E-state index in [-0.39, 0.29) is 6.04 Å². The number of hydrogen-bond donors (Lipinski definition) is 3. The van der Waals surface area contributed by atoms with Crippen LogP contribution in [0, 0.1) is 5.92 Å². The Kier molecular flexibility index (Phi) is 3.78. The van der Waals surface area contributed by atoms with Crippen LogP contribution in [0.2, 0.25) is 0 Å². The van der Waals surface area contributed by atoms with Crippen LogP contribution >= 0.6 is 0 Å². The second-order valence-corrected chi connectivity index (χ2v) is 5.01. The smallest absolute Gasteiger partial charge is 0.328 e. The number of nitrogens with one attached hydrogen (secondary N) is 2. The number of hydrogen-bond acceptors (Lipinski definition) is 2. The third-order valence-electron chi connectivity index (χ3n) is 3.18.